The first-order chi connectivity index (χ1) is 8.60. The van der Waals surface area contributed by atoms with E-state index in [1.807, 2.05) is 0 Å². The minimum absolute atomic E-state index is 0.178. The van der Waals surface area contributed by atoms with Gasteiger partial charge in [-0.15, -0.1) is 0 Å². The Morgan fingerprint density at radius 1 is 1.44 bits per heavy atom. The van der Waals surface area contributed by atoms with Crippen LogP contribution in [0, 0.1) is 0 Å². The second kappa shape index (κ2) is 6.98. The molecule has 0 saturated carbocycles. The molecule has 2 N–H and O–H groups in total. The van der Waals surface area contributed by atoms with E-state index in [1.165, 1.54) is 6.07 Å². The molecule has 1 aromatic carbocycles. The molecular weight excluding hydrogens is 258 g/mol. The quantitative estimate of drug-likeness (QED) is 0.783. The molecule has 18 heavy (non-hydrogen) atoms. The van der Waals surface area contributed by atoms with Crippen molar-refractivity contribution in [2.24, 2.45) is 0 Å². The van der Waals surface area contributed by atoms with Crippen LogP contribution >= 0.6 is 11.6 Å². The summed E-state index contributed by atoms with van der Waals surface area (Å²) in [5, 5.41) is 11.7. The third kappa shape index (κ3) is 3.72. The maximum absolute atomic E-state index is 11.8. The highest BCUT2D eigenvalue weighted by molar-refractivity contribution is 6.33. The van der Waals surface area contributed by atoms with Crippen LogP contribution in [0.5, 0.6) is 0 Å². The highest BCUT2D eigenvalue weighted by Crippen LogP contribution is 2.14. The Kier molecular flexibility index (Phi) is 5.61. The summed E-state index contributed by atoms with van der Waals surface area (Å²) >= 11 is 5.85. The number of nitrogens with one attached hydrogen (secondary N) is 1. The van der Waals surface area contributed by atoms with Gasteiger partial charge in [0.25, 0.3) is 5.91 Å². The zero-order chi connectivity index (χ0) is 13.5. The number of rotatable bonds is 5. The summed E-state index contributed by atoms with van der Waals surface area (Å²) in [6, 6.07) is 5.34. The van der Waals surface area contributed by atoms with Crippen LogP contribution in [0.4, 0.5) is 0 Å². The summed E-state index contributed by atoms with van der Waals surface area (Å²) in [4.78, 5) is 23.2. The standard InChI is InChI=1S/C12H14ClNO4/c1-2-18-12(17)10(7-15)14-11(16)8-5-3-4-6-9(8)13/h3-6,10,15H,2,7H2,1H3,(H,14,16)/t10-/m0/s1. The van der Waals surface area contributed by atoms with Gasteiger partial charge in [-0.1, -0.05) is 23.7 Å². The van der Waals surface area contributed by atoms with Gasteiger partial charge in [0, 0.05) is 0 Å². The smallest absolute Gasteiger partial charge is 0.331 e. The van der Waals surface area contributed by atoms with E-state index in [0.29, 0.717) is 0 Å². The number of halogens is 1. The van der Waals surface area contributed by atoms with E-state index in [9.17, 15) is 9.59 Å². The van der Waals surface area contributed by atoms with E-state index >= 15 is 0 Å². The van der Waals surface area contributed by atoms with Crippen molar-refractivity contribution < 1.29 is 19.4 Å². The van der Waals surface area contributed by atoms with Crippen LogP contribution in [-0.4, -0.2) is 36.2 Å². The molecule has 0 heterocycles. The Labute approximate surface area is 110 Å². The van der Waals surface area contributed by atoms with Gasteiger partial charge in [-0.2, -0.15) is 0 Å². The first kappa shape index (κ1) is 14.5. The SMILES string of the molecule is CCOC(=O)[C@H](CO)NC(=O)c1ccccc1Cl. The lowest BCUT2D eigenvalue weighted by Gasteiger charge is -2.15. The van der Waals surface area contributed by atoms with Gasteiger partial charge in [0.05, 0.1) is 23.8 Å². The van der Waals surface area contributed by atoms with Crippen LogP contribution in [-0.2, 0) is 9.53 Å². The van der Waals surface area contributed by atoms with Crippen molar-refractivity contribution in [2.75, 3.05) is 13.2 Å². The van der Waals surface area contributed by atoms with Gasteiger partial charge in [0.2, 0.25) is 0 Å². The summed E-state index contributed by atoms with van der Waals surface area (Å²) in [6.07, 6.45) is 0. The van der Waals surface area contributed by atoms with Crippen LogP contribution in [0.15, 0.2) is 24.3 Å². The van der Waals surface area contributed by atoms with Crippen molar-refractivity contribution in [3.8, 4) is 0 Å². The van der Waals surface area contributed by atoms with Gasteiger partial charge in [0.15, 0.2) is 6.04 Å². The number of hydrogen-bond donors (Lipinski definition) is 2. The van der Waals surface area contributed by atoms with Crippen molar-refractivity contribution in [1.29, 1.82) is 0 Å². The van der Waals surface area contributed by atoms with Crippen LogP contribution < -0.4 is 5.32 Å². The second-order valence-electron chi connectivity index (χ2n) is 3.44. The van der Waals surface area contributed by atoms with Gasteiger partial charge in [0.1, 0.15) is 0 Å². The minimum atomic E-state index is -1.09. The first-order valence-corrected chi connectivity index (χ1v) is 5.80. The minimum Gasteiger partial charge on any atom is -0.464 e. The number of esters is 1. The molecule has 1 amide bonds. The van der Waals surface area contributed by atoms with Gasteiger partial charge in [-0.25, -0.2) is 4.79 Å². The predicted molar refractivity (Wildman–Crippen MR) is 66.4 cm³/mol. The molecule has 1 atom stereocenters. The fourth-order valence-corrected chi connectivity index (χ4v) is 1.52. The molecule has 0 bridgehead atoms. The highest BCUT2D eigenvalue weighted by Gasteiger charge is 2.22. The van der Waals surface area contributed by atoms with Crippen LogP contribution in [0.3, 0.4) is 0 Å². The molecule has 0 spiro atoms. The monoisotopic (exact) mass is 271 g/mol. The molecule has 1 aromatic rings. The van der Waals surface area contributed by atoms with Crippen molar-refractivity contribution >= 4 is 23.5 Å². The molecule has 0 saturated heterocycles. The van der Waals surface area contributed by atoms with E-state index in [4.69, 9.17) is 21.4 Å². The molecule has 0 aliphatic rings. The predicted octanol–water partition coefficient (Wildman–Crippen LogP) is 0.994. The summed E-state index contributed by atoms with van der Waals surface area (Å²) in [5.74, 6) is -1.21. The zero-order valence-corrected chi connectivity index (χ0v) is 10.6. The van der Waals surface area contributed by atoms with Gasteiger partial charge in [-0.05, 0) is 19.1 Å². The number of hydrogen-bond acceptors (Lipinski definition) is 4. The fourth-order valence-electron chi connectivity index (χ4n) is 1.30. The maximum atomic E-state index is 11.8. The normalized spacial score (nSPS) is 11.7. The average Bonchev–Trinajstić information content (AvgIpc) is 2.36. The van der Waals surface area contributed by atoms with E-state index in [1.54, 1.807) is 25.1 Å². The van der Waals surface area contributed by atoms with Crippen molar-refractivity contribution in [3.63, 3.8) is 0 Å². The number of aliphatic hydroxyl groups excluding tert-OH is 1. The van der Waals surface area contributed by atoms with E-state index in [-0.39, 0.29) is 17.2 Å². The number of carbonyl (C=O) groups is 2. The highest BCUT2D eigenvalue weighted by atomic mass is 35.5. The van der Waals surface area contributed by atoms with E-state index < -0.39 is 24.5 Å². The second-order valence-corrected chi connectivity index (χ2v) is 3.85. The molecule has 1 rings (SSSR count). The lowest BCUT2D eigenvalue weighted by molar-refractivity contribution is -0.146. The van der Waals surface area contributed by atoms with Gasteiger partial charge < -0.3 is 15.2 Å². The Bertz CT molecular complexity index is 436. The lowest BCUT2D eigenvalue weighted by atomic mass is 10.2. The number of amides is 1. The third-order valence-corrected chi connectivity index (χ3v) is 2.51. The van der Waals surface area contributed by atoms with Crippen molar-refractivity contribution in [3.05, 3.63) is 34.9 Å². The summed E-state index contributed by atoms with van der Waals surface area (Å²) in [7, 11) is 0. The molecule has 0 aliphatic carbocycles. The topological polar surface area (TPSA) is 75.6 Å². The number of aliphatic hydroxyl groups is 1. The molecule has 0 aromatic heterocycles. The zero-order valence-electron chi connectivity index (χ0n) is 9.85. The van der Waals surface area contributed by atoms with E-state index in [2.05, 4.69) is 5.32 Å². The number of ether oxygens (including phenoxy) is 1. The third-order valence-electron chi connectivity index (χ3n) is 2.18. The molecule has 5 nitrogen and oxygen atoms in total. The molecule has 6 heteroatoms. The van der Waals surface area contributed by atoms with Crippen LogP contribution in [0.1, 0.15) is 17.3 Å². The average molecular weight is 272 g/mol. The van der Waals surface area contributed by atoms with Crippen LogP contribution in [0.25, 0.3) is 0 Å². The largest absolute Gasteiger partial charge is 0.464 e. The molecule has 0 fully saturated rings. The Balaban J connectivity index is 2.74. The van der Waals surface area contributed by atoms with Gasteiger partial charge in [-0.3, -0.25) is 4.79 Å². The maximum Gasteiger partial charge on any atom is 0.331 e. The Morgan fingerprint density at radius 2 is 2.11 bits per heavy atom. The summed E-state index contributed by atoms with van der Waals surface area (Å²) < 4.78 is 4.72. The molecule has 0 radical (unpaired) electrons. The fraction of sp³-hybridized carbons (Fsp3) is 0.333. The van der Waals surface area contributed by atoms with E-state index in [0.717, 1.165) is 0 Å². The summed E-state index contributed by atoms with van der Waals surface area (Å²) in [5.41, 5.74) is 0.238. The Morgan fingerprint density at radius 3 is 2.67 bits per heavy atom. The molecule has 98 valence electrons. The lowest BCUT2D eigenvalue weighted by Crippen LogP contribution is -2.44. The molecule has 0 unspecified atom stereocenters. The van der Waals surface area contributed by atoms with Gasteiger partial charge >= 0.3 is 5.97 Å². The molecular formula is C12H14ClNO4. The first-order valence-electron chi connectivity index (χ1n) is 5.43. The van der Waals surface area contributed by atoms with Crippen LogP contribution in [0.2, 0.25) is 5.02 Å². The number of carbonyl (C=O) groups excluding carboxylic acids is 2. The summed E-state index contributed by atoms with van der Waals surface area (Å²) in [6.45, 7) is 1.29. The Hall–Kier alpha value is -1.59. The number of benzene rings is 1. The molecule has 0 aliphatic heterocycles. The van der Waals surface area contributed by atoms with Crippen molar-refractivity contribution in [1.82, 2.24) is 5.32 Å². The van der Waals surface area contributed by atoms with Crippen molar-refractivity contribution in [2.45, 2.75) is 13.0 Å².